The number of nitrogens with two attached hydrogens (primary N) is 1. The molecule has 1 aromatic carbocycles. The van der Waals surface area contributed by atoms with Crippen LogP contribution in [0.5, 0.6) is 0 Å². The van der Waals surface area contributed by atoms with Crippen LogP contribution in [0.4, 0.5) is 4.79 Å². The lowest BCUT2D eigenvalue weighted by Gasteiger charge is -2.02. The van der Waals surface area contributed by atoms with Crippen LogP contribution < -0.4 is 11.2 Å². The molecule has 1 rings (SSSR count). The third-order valence-corrected chi connectivity index (χ3v) is 1.99. The highest BCUT2D eigenvalue weighted by Gasteiger charge is 1.93. The number of carbonyl (C=O) groups excluding carboxylic acids is 1. The number of hydrogen-bond donors (Lipinski definition) is 2. The van der Waals surface area contributed by atoms with E-state index in [2.05, 4.69) is 17.5 Å². The van der Waals surface area contributed by atoms with Gasteiger partial charge in [-0.25, -0.2) is 10.2 Å². The van der Waals surface area contributed by atoms with E-state index in [0.717, 1.165) is 24.2 Å². The van der Waals surface area contributed by atoms with Crippen molar-refractivity contribution in [1.29, 1.82) is 0 Å². The molecule has 17 heavy (non-hydrogen) atoms. The Labute approximate surface area is 101 Å². The Morgan fingerprint density at radius 2 is 2.18 bits per heavy atom. The first-order chi connectivity index (χ1) is 8.22. The Kier molecular flexibility index (Phi) is 5.74. The van der Waals surface area contributed by atoms with Crippen LogP contribution in [0.25, 0.3) is 0 Å². The molecule has 5 nitrogen and oxygen atoms in total. The van der Waals surface area contributed by atoms with Crippen molar-refractivity contribution in [3.63, 3.8) is 0 Å². The van der Waals surface area contributed by atoms with Gasteiger partial charge in [-0.3, -0.25) is 0 Å². The predicted octanol–water partition coefficient (Wildman–Crippen LogP) is 1.62. The zero-order valence-corrected chi connectivity index (χ0v) is 9.85. The van der Waals surface area contributed by atoms with Gasteiger partial charge < -0.3 is 10.5 Å². The maximum atomic E-state index is 10.4. The smallest absolute Gasteiger partial charge is 0.332 e. The van der Waals surface area contributed by atoms with Crippen molar-refractivity contribution in [2.45, 2.75) is 20.0 Å². The number of rotatable bonds is 6. The molecule has 0 spiro atoms. The van der Waals surface area contributed by atoms with Gasteiger partial charge in [0.15, 0.2) is 0 Å². The van der Waals surface area contributed by atoms with Gasteiger partial charge in [-0.1, -0.05) is 31.2 Å². The Bertz CT molecular complexity index is 374. The van der Waals surface area contributed by atoms with Crippen LogP contribution in [0.15, 0.2) is 29.4 Å². The summed E-state index contributed by atoms with van der Waals surface area (Å²) in [6.07, 6.45) is 2.55. The summed E-state index contributed by atoms with van der Waals surface area (Å²) in [5, 5.41) is 3.67. The van der Waals surface area contributed by atoms with Gasteiger partial charge in [0, 0.05) is 6.61 Å². The van der Waals surface area contributed by atoms with Crippen LogP contribution in [0.1, 0.15) is 24.5 Å². The Morgan fingerprint density at radius 3 is 2.76 bits per heavy atom. The standard InChI is InChI=1S/C12H17N3O2/c1-2-7-17-9-11-5-3-10(4-6-11)8-14-15-12(13)16/h3-6,8H,2,7,9H2,1H3,(H3,13,15,16). The lowest BCUT2D eigenvalue weighted by Crippen LogP contribution is -2.24. The van der Waals surface area contributed by atoms with Gasteiger partial charge in [0.2, 0.25) is 0 Å². The molecule has 0 aliphatic heterocycles. The summed E-state index contributed by atoms with van der Waals surface area (Å²) in [5.74, 6) is 0. The zero-order chi connectivity index (χ0) is 12.5. The second-order valence-electron chi connectivity index (χ2n) is 3.53. The van der Waals surface area contributed by atoms with Crippen molar-refractivity contribution in [1.82, 2.24) is 5.43 Å². The van der Waals surface area contributed by atoms with E-state index in [-0.39, 0.29) is 0 Å². The molecule has 1 aromatic rings. The molecule has 2 amide bonds. The van der Waals surface area contributed by atoms with E-state index in [9.17, 15) is 4.79 Å². The predicted molar refractivity (Wildman–Crippen MR) is 66.7 cm³/mol. The number of primary amides is 1. The van der Waals surface area contributed by atoms with E-state index in [1.54, 1.807) is 0 Å². The summed E-state index contributed by atoms with van der Waals surface area (Å²) in [4.78, 5) is 10.4. The second-order valence-corrected chi connectivity index (χ2v) is 3.53. The molecule has 0 aromatic heterocycles. The van der Waals surface area contributed by atoms with Gasteiger partial charge in [-0.2, -0.15) is 5.10 Å². The fraction of sp³-hybridized carbons (Fsp3) is 0.333. The molecule has 92 valence electrons. The number of ether oxygens (including phenoxy) is 1. The number of nitrogens with one attached hydrogen (secondary N) is 1. The molecule has 0 fully saturated rings. The Balaban J connectivity index is 2.44. The van der Waals surface area contributed by atoms with Crippen molar-refractivity contribution in [3.05, 3.63) is 35.4 Å². The molecule has 0 radical (unpaired) electrons. The quantitative estimate of drug-likeness (QED) is 0.446. The number of nitrogens with zero attached hydrogens (tertiary/aromatic N) is 1. The van der Waals surface area contributed by atoms with Crippen LogP contribution in [0.2, 0.25) is 0 Å². The topological polar surface area (TPSA) is 76.7 Å². The number of hydrazone groups is 1. The molecule has 0 aliphatic carbocycles. The molecule has 0 heterocycles. The number of carbonyl (C=O) groups is 1. The van der Waals surface area contributed by atoms with Crippen LogP contribution in [-0.2, 0) is 11.3 Å². The maximum Gasteiger partial charge on any atom is 0.332 e. The lowest BCUT2D eigenvalue weighted by atomic mass is 10.1. The number of amides is 2. The molecule has 5 heteroatoms. The number of benzene rings is 1. The minimum Gasteiger partial charge on any atom is -0.377 e. The largest absolute Gasteiger partial charge is 0.377 e. The van der Waals surface area contributed by atoms with Crippen LogP contribution in [-0.4, -0.2) is 18.9 Å². The normalized spacial score (nSPS) is 10.6. The first-order valence-electron chi connectivity index (χ1n) is 5.47. The Hall–Kier alpha value is -1.88. The molecule has 0 saturated heterocycles. The van der Waals surface area contributed by atoms with Crippen LogP contribution in [0, 0.1) is 0 Å². The molecule has 0 atom stereocenters. The molecule has 0 bridgehead atoms. The highest BCUT2D eigenvalue weighted by atomic mass is 16.5. The van der Waals surface area contributed by atoms with Crippen molar-refractivity contribution in [2.24, 2.45) is 10.8 Å². The number of hydrogen-bond acceptors (Lipinski definition) is 3. The monoisotopic (exact) mass is 235 g/mol. The first-order valence-corrected chi connectivity index (χ1v) is 5.47. The van der Waals surface area contributed by atoms with Gasteiger partial charge >= 0.3 is 6.03 Å². The summed E-state index contributed by atoms with van der Waals surface area (Å²) < 4.78 is 5.41. The van der Waals surface area contributed by atoms with Crippen molar-refractivity contribution in [2.75, 3.05) is 6.61 Å². The minimum absolute atomic E-state index is 0.616. The Morgan fingerprint density at radius 1 is 1.47 bits per heavy atom. The van der Waals surface area contributed by atoms with Gasteiger partial charge in [0.05, 0.1) is 12.8 Å². The molecule has 3 N–H and O–H groups in total. The summed E-state index contributed by atoms with van der Waals surface area (Å²) in [5.41, 5.74) is 9.00. The number of urea groups is 1. The SMILES string of the molecule is CCCOCc1ccc(C=NNC(N)=O)cc1. The van der Waals surface area contributed by atoms with Gasteiger partial charge in [0.25, 0.3) is 0 Å². The van der Waals surface area contributed by atoms with E-state index in [1.807, 2.05) is 24.3 Å². The van der Waals surface area contributed by atoms with Crippen molar-refractivity contribution in [3.8, 4) is 0 Å². The minimum atomic E-state index is -0.675. The van der Waals surface area contributed by atoms with E-state index in [4.69, 9.17) is 10.5 Å². The summed E-state index contributed by atoms with van der Waals surface area (Å²) in [6, 6.07) is 7.04. The lowest BCUT2D eigenvalue weighted by molar-refractivity contribution is 0.121. The van der Waals surface area contributed by atoms with Crippen molar-refractivity contribution >= 4 is 12.2 Å². The molecule has 0 unspecified atom stereocenters. The third kappa shape index (κ3) is 5.67. The van der Waals surface area contributed by atoms with E-state index in [1.165, 1.54) is 6.21 Å². The highest BCUT2D eigenvalue weighted by Crippen LogP contribution is 2.04. The summed E-state index contributed by atoms with van der Waals surface area (Å²) in [6.45, 7) is 3.46. The average Bonchev–Trinajstić information content (AvgIpc) is 2.31. The maximum absolute atomic E-state index is 10.4. The second kappa shape index (κ2) is 7.40. The van der Waals surface area contributed by atoms with Crippen LogP contribution >= 0.6 is 0 Å². The highest BCUT2D eigenvalue weighted by molar-refractivity contribution is 5.81. The van der Waals surface area contributed by atoms with Gasteiger partial charge in [-0.05, 0) is 17.5 Å². The molecule has 0 aliphatic rings. The first kappa shape index (κ1) is 13.2. The van der Waals surface area contributed by atoms with Gasteiger partial charge in [0.1, 0.15) is 0 Å². The molecular weight excluding hydrogens is 218 g/mol. The fourth-order valence-electron chi connectivity index (χ4n) is 1.20. The summed E-state index contributed by atoms with van der Waals surface area (Å²) in [7, 11) is 0. The summed E-state index contributed by atoms with van der Waals surface area (Å²) >= 11 is 0. The zero-order valence-electron chi connectivity index (χ0n) is 9.85. The van der Waals surface area contributed by atoms with Crippen molar-refractivity contribution < 1.29 is 9.53 Å². The van der Waals surface area contributed by atoms with E-state index in [0.29, 0.717) is 6.61 Å². The third-order valence-electron chi connectivity index (χ3n) is 1.99. The van der Waals surface area contributed by atoms with E-state index < -0.39 is 6.03 Å². The molecule has 0 saturated carbocycles. The molecular formula is C12H17N3O2. The fourth-order valence-corrected chi connectivity index (χ4v) is 1.20. The van der Waals surface area contributed by atoms with Crippen LogP contribution in [0.3, 0.4) is 0 Å². The average molecular weight is 235 g/mol. The van der Waals surface area contributed by atoms with E-state index >= 15 is 0 Å². The van der Waals surface area contributed by atoms with Gasteiger partial charge in [-0.15, -0.1) is 0 Å².